The smallest absolute Gasteiger partial charge is 0.407 e. The predicted molar refractivity (Wildman–Crippen MR) is 113 cm³/mol. The summed E-state index contributed by atoms with van der Waals surface area (Å²) in [6.07, 6.45) is -0.551. The number of carboxylic acids is 1. The standard InChI is InChI=1S/C22H22N2O5S/c25-20(24-13-30-12-19(24)21(26)27)9-10-23-22(28)29-11-18-16-7-3-1-5-14(16)15-6-2-4-8-17(15)18/h1-8,18-19H,9-13H2,(H,23,28)(H,26,27)/t19-/m0/s1. The zero-order chi connectivity index (χ0) is 21.1. The quantitative estimate of drug-likeness (QED) is 0.737. The monoisotopic (exact) mass is 426 g/mol. The number of nitrogens with one attached hydrogen (secondary N) is 1. The number of carbonyl (C=O) groups is 3. The maximum absolute atomic E-state index is 12.2. The maximum atomic E-state index is 12.2. The fourth-order valence-corrected chi connectivity index (χ4v) is 5.13. The van der Waals surface area contributed by atoms with Gasteiger partial charge in [-0.3, -0.25) is 4.79 Å². The second-order valence-electron chi connectivity index (χ2n) is 7.22. The van der Waals surface area contributed by atoms with Gasteiger partial charge in [0.15, 0.2) is 0 Å². The minimum atomic E-state index is -1.00. The number of nitrogens with zero attached hydrogens (tertiary/aromatic N) is 1. The number of ether oxygens (including phenoxy) is 1. The van der Waals surface area contributed by atoms with E-state index >= 15 is 0 Å². The molecule has 0 saturated carbocycles. The van der Waals surface area contributed by atoms with Crippen LogP contribution in [0, 0.1) is 0 Å². The molecule has 1 atom stereocenters. The zero-order valence-corrected chi connectivity index (χ0v) is 17.1. The van der Waals surface area contributed by atoms with E-state index in [1.54, 1.807) is 0 Å². The number of hydrogen-bond donors (Lipinski definition) is 2. The number of benzene rings is 2. The zero-order valence-electron chi connectivity index (χ0n) is 16.2. The highest BCUT2D eigenvalue weighted by Gasteiger charge is 2.34. The molecule has 0 aromatic heterocycles. The van der Waals surface area contributed by atoms with Gasteiger partial charge >= 0.3 is 12.1 Å². The molecule has 2 aromatic rings. The molecule has 0 spiro atoms. The number of hydrogen-bond acceptors (Lipinski definition) is 5. The predicted octanol–water partition coefficient (Wildman–Crippen LogP) is 2.90. The van der Waals surface area contributed by atoms with Crippen molar-refractivity contribution in [2.75, 3.05) is 24.8 Å². The minimum Gasteiger partial charge on any atom is -0.480 e. The van der Waals surface area contributed by atoms with Crippen LogP contribution < -0.4 is 5.32 Å². The Hall–Kier alpha value is -3.00. The molecule has 0 radical (unpaired) electrons. The molecule has 2 N–H and O–H groups in total. The van der Waals surface area contributed by atoms with Crippen molar-refractivity contribution in [2.45, 2.75) is 18.4 Å². The second-order valence-corrected chi connectivity index (χ2v) is 8.22. The van der Waals surface area contributed by atoms with Crippen LogP contribution in [0.4, 0.5) is 4.79 Å². The Labute approximate surface area is 178 Å². The molecule has 0 unspecified atom stereocenters. The molecular weight excluding hydrogens is 404 g/mol. The normalized spacial score (nSPS) is 17.3. The Morgan fingerprint density at radius 2 is 1.70 bits per heavy atom. The Bertz CT molecular complexity index is 934. The van der Waals surface area contributed by atoms with E-state index in [1.807, 2.05) is 36.4 Å². The Kier molecular flexibility index (Phi) is 5.94. The number of carboxylic acid groups (broad SMARTS) is 1. The minimum absolute atomic E-state index is 0.0252. The van der Waals surface area contributed by atoms with E-state index in [4.69, 9.17) is 9.84 Å². The fraction of sp³-hybridized carbons (Fsp3) is 0.318. The molecule has 1 fully saturated rings. The SMILES string of the molecule is O=C(NCCC(=O)N1CSC[C@H]1C(=O)O)OCC1c2ccccc2-c2ccccc21. The summed E-state index contributed by atoms with van der Waals surface area (Å²) in [5.41, 5.74) is 4.58. The third-order valence-corrected chi connectivity index (χ3v) is 6.45. The molecule has 8 heteroatoms. The van der Waals surface area contributed by atoms with Crippen LogP contribution in [0.2, 0.25) is 0 Å². The molecule has 156 valence electrons. The molecule has 2 amide bonds. The summed E-state index contributed by atoms with van der Waals surface area (Å²) in [7, 11) is 0. The highest BCUT2D eigenvalue weighted by atomic mass is 32.2. The summed E-state index contributed by atoms with van der Waals surface area (Å²) in [6.45, 7) is 0.306. The van der Waals surface area contributed by atoms with Crippen molar-refractivity contribution >= 4 is 29.7 Å². The maximum Gasteiger partial charge on any atom is 0.407 e. The first-order chi connectivity index (χ1) is 14.6. The fourth-order valence-electron chi connectivity index (χ4n) is 3.96. The molecule has 0 bridgehead atoms. The molecule has 30 heavy (non-hydrogen) atoms. The van der Waals surface area contributed by atoms with E-state index in [0.29, 0.717) is 11.6 Å². The van der Waals surface area contributed by atoms with Gasteiger partial charge in [-0.25, -0.2) is 9.59 Å². The van der Waals surface area contributed by atoms with Crippen LogP contribution in [0.15, 0.2) is 48.5 Å². The molecular formula is C22H22N2O5S. The first kappa shape index (κ1) is 20.3. The van der Waals surface area contributed by atoms with Crippen LogP contribution in [0.1, 0.15) is 23.5 Å². The summed E-state index contributed by atoms with van der Waals surface area (Å²) in [5.74, 6) is -0.561. The largest absolute Gasteiger partial charge is 0.480 e. The Balaban J connectivity index is 1.29. The number of fused-ring (bicyclic) bond motifs is 3. The number of rotatable bonds is 6. The van der Waals surface area contributed by atoms with Crippen LogP contribution in [-0.4, -0.2) is 58.8 Å². The van der Waals surface area contributed by atoms with E-state index in [1.165, 1.54) is 16.7 Å². The topological polar surface area (TPSA) is 95.9 Å². The lowest BCUT2D eigenvalue weighted by Gasteiger charge is -2.20. The van der Waals surface area contributed by atoms with Crippen molar-refractivity contribution in [3.63, 3.8) is 0 Å². The highest BCUT2D eigenvalue weighted by Crippen LogP contribution is 2.44. The van der Waals surface area contributed by atoms with E-state index in [2.05, 4.69) is 17.4 Å². The van der Waals surface area contributed by atoms with Crippen molar-refractivity contribution < 1.29 is 24.2 Å². The van der Waals surface area contributed by atoms with Gasteiger partial charge in [0.25, 0.3) is 0 Å². The summed E-state index contributed by atoms with van der Waals surface area (Å²) in [5, 5.41) is 11.8. The lowest BCUT2D eigenvalue weighted by molar-refractivity contribution is -0.147. The van der Waals surface area contributed by atoms with Crippen LogP contribution in [0.5, 0.6) is 0 Å². The van der Waals surface area contributed by atoms with Gasteiger partial charge in [-0.15, -0.1) is 11.8 Å². The van der Waals surface area contributed by atoms with Gasteiger partial charge in [0.05, 0.1) is 5.88 Å². The number of thioether (sulfide) groups is 1. The molecule has 2 aromatic carbocycles. The van der Waals surface area contributed by atoms with Gasteiger partial charge in [-0.1, -0.05) is 48.5 Å². The van der Waals surface area contributed by atoms with Gasteiger partial charge in [-0.2, -0.15) is 0 Å². The third kappa shape index (κ3) is 4.00. The second kappa shape index (κ2) is 8.79. The van der Waals surface area contributed by atoms with Gasteiger partial charge in [0.2, 0.25) is 5.91 Å². The van der Waals surface area contributed by atoms with Gasteiger partial charge in [0, 0.05) is 24.6 Å². The first-order valence-electron chi connectivity index (χ1n) is 9.75. The first-order valence-corrected chi connectivity index (χ1v) is 10.9. The average Bonchev–Trinajstić information content (AvgIpc) is 3.36. The van der Waals surface area contributed by atoms with Gasteiger partial charge < -0.3 is 20.1 Å². The van der Waals surface area contributed by atoms with Crippen molar-refractivity contribution in [1.29, 1.82) is 0 Å². The van der Waals surface area contributed by atoms with E-state index in [-0.39, 0.29) is 31.4 Å². The number of carbonyl (C=O) groups excluding carboxylic acids is 2. The van der Waals surface area contributed by atoms with Gasteiger partial charge in [-0.05, 0) is 22.3 Å². The van der Waals surface area contributed by atoms with Crippen LogP contribution in [0.25, 0.3) is 11.1 Å². The molecule has 4 rings (SSSR count). The Morgan fingerprint density at radius 3 is 2.33 bits per heavy atom. The van der Waals surface area contributed by atoms with Crippen molar-refractivity contribution in [1.82, 2.24) is 10.2 Å². The highest BCUT2D eigenvalue weighted by molar-refractivity contribution is 7.99. The van der Waals surface area contributed by atoms with E-state index in [0.717, 1.165) is 22.3 Å². The number of alkyl carbamates (subject to hydrolysis) is 1. The average molecular weight is 426 g/mol. The number of amides is 2. The molecule has 1 aliphatic carbocycles. The summed E-state index contributed by atoms with van der Waals surface area (Å²) >= 11 is 1.41. The summed E-state index contributed by atoms with van der Waals surface area (Å²) in [4.78, 5) is 36.9. The lowest BCUT2D eigenvalue weighted by atomic mass is 9.98. The molecule has 2 aliphatic rings. The van der Waals surface area contributed by atoms with E-state index < -0.39 is 18.1 Å². The summed E-state index contributed by atoms with van der Waals surface area (Å²) < 4.78 is 5.43. The van der Waals surface area contributed by atoms with E-state index in [9.17, 15) is 14.4 Å². The van der Waals surface area contributed by atoms with Crippen molar-refractivity contribution in [2.24, 2.45) is 0 Å². The van der Waals surface area contributed by atoms with Crippen molar-refractivity contribution in [3.8, 4) is 11.1 Å². The lowest BCUT2D eigenvalue weighted by Crippen LogP contribution is -2.43. The van der Waals surface area contributed by atoms with Crippen LogP contribution in [-0.2, 0) is 14.3 Å². The summed E-state index contributed by atoms with van der Waals surface area (Å²) in [6, 6.07) is 15.4. The third-order valence-electron chi connectivity index (χ3n) is 5.44. The molecule has 7 nitrogen and oxygen atoms in total. The van der Waals surface area contributed by atoms with Crippen LogP contribution in [0.3, 0.4) is 0 Å². The molecule has 1 aliphatic heterocycles. The Morgan fingerprint density at radius 1 is 1.07 bits per heavy atom. The van der Waals surface area contributed by atoms with Gasteiger partial charge in [0.1, 0.15) is 12.6 Å². The molecule has 1 heterocycles. The van der Waals surface area contributed by atoms with Crippen LogP contribution >= 0.6 is 11.8 Å². The van der Waals surface area contributed by atoms with Crippen molar-refractivity contribution in [3.05, 3.63) is 59.7 Å². The molecule has 1 saturated heterocycles. The number of aliphatic carboxylic acids is 1.